The van der Waals surface area contributed by atoms with E-state index in [1.165, 1.54) is 76.3 Å². The zero-order chi connectivity index (χ0) is 39.4. The number of esters is 3. The van der Waals surface area contributed by atoms with Gasteiger partial charge >= 0.3 is 17.9 Å². The van der Waals surface area contributed by atoms with Crippen molar-refractivity contribution in [2.75, 3.05) is 6.61 Å². The Balaban J connectivity index is 1.01. The molecule has 8 heteroatoms. The predicted molar refractivity (Wildman–Crippen MR) is 217 cm³/mol. The van der Waals surface area contributed by atoms with Gasteiger partial charge in [0.2, 0.25) is 0 Å². The summed E-state index contributed by atoms with van der Waals surface area (Å²) in [6.45, 7) is 2.91. The maximum atomic E-state index is 13.0. The van der Waals surface area contributed by atoms with Crippen molar-refractivity contribution in [3.05, 3.63) is 144 Å². The molecule has 5 aromatic carbocycles. The summed E-state index contributed by atoms with van der Waals surface area (Å²) in [5.74, 6) is 0.0913. The molecule has 0 aliphatic carbocycles. The third-order valence-electron chi connectivity index (χ3n) is 9.35. The number of hydrogen-bond donors (Lipinski definition) is 0. The van der Waals surface area contributed by atoms with Gasteiger partial charge in [0.25, 0.3) is 0 Å². The number of nitrogens with zero attached hydrogens (tertiary/aromatic N) is 1. The molecule has 0 N–H and O–H groups in total. The van der Waals surface area contributed by atoms with E-state index in [2.05, 4.69) is 6.92 Å². The summed E-state index contributed by atoms with van der Waals surface area (Å²) in [5.41, 5.74) is 3.10. The third-order valence-corrected chi connectivity index (χ3v) is 9.35. The lowest BCUT2D eigenvalue weighted by atomic mass is 10.0. The molecule has 8 nitrogen and oxygen atoms in total. The van der Waals surface area contributed by atoms with Gasteiger partial charge in [-0.05, 0) is 115 Å². The topological polar surface area (TPSA) is 112 Å². The minimum Gasteiger partial charge on any atom is -0.494 e. The number of ether oxygens (including phenoxy) is 4. The third kappa shape index (κ3) is 13.3. The Kier molecular flexibility index (Phi) is 16.3. The van der Waals surface area contributed by atoms with Gasteiger partial charge in [-0.1, -0.05) is 102 Å². The summed E-state index contributed by atoms with van der Waals surface area (Å²) in [4.78, 5) is 38.3. The first-order chi connectivity index (χ1) is 27.4. The van der Waals surface area contributed by atoms with Gasteiger partial charge < -0.3 is 18.9 Å². The molecule has 0 saturated carbocycles. The lowest BCUT2D eigenvalue weighted by Crippen LogP contribution is -2.10. The lowest BCUT2D eigenvalue weighted by molar-refractivity contribution is 0.0723. The van der Waals surface area contributed by atoms with Crippen LogP contribution in [-0.2, 0) is 0 Å². The number of unbranched alkanes of at least 4 members (excludes halogenated alkanes) is 11. The van der Waals surface area contributed by atoms with Crippen molar-refractivity contribution in [1.29, 1.82) is 5.26 Å². The maximum Gasteiger partial charge on any atom is 0.343 e. The first-order valence-corrected chi connectivity index (χ1v) is 19.6. The monoisotopic (exact) mass is 751 g/mol. The average Bonchev–Trinajstić information content (AvgIpc) is 3.23. The largest absolute Gasteiger partial charge is 0.494 e. The fourth-order valence-corrected chi connectivity index (χ4v) is 6.11. The molecule has 0 unspecified atom stereocenters. The molecular weight excluding hydrogens is 703 g/mol. The molecule has 0 bridgehead atoms. The smallest absolute Gasteiger partial charge is 0.343 e. The molecule has 0 amide bonds. The summed E-state index contributed by atoms with van der Waals surface area (Å²) in [7, 11) is 0. The maximum absolute atomic E-state index is 13.0. The molecule has 5 rings (SSSR count). The SMILES string of the molecule is CCCCCCCCCCCCCCOc1ccc(C(=O)Oc2ccc(C(=O)Oc3cccc(-c4ccc(C(=O)Oc5ccc(C#N)cc5)cc4)c3)cc2)cc1. The van der Waals surface area contributed by atoms with E-state index < -0.39 is 17.9 Å². The van der Waals surface area contributed by atoms with Crippen LogP contribution in [0.1, 0.15) is 121 Å². The highest BCUT2D eigenvalue weighted by Crippen LogP contribution is 2.26. The van der Waals surface area contributed by atoms with Gasteiger partial charge in [-0.25, -0.2) is 14.4 Å². The molecule has 0 aliphatic heterocycles. The van der Waals surface area contributed by atoms with Crippen molar-refractivity contribution in [2.45, 2.75) is 84.0 Å². The van der Waals surface area contributed by atoms with Crippen molar-refractivity contribution < 1.29 is 33.3 Å². The highest BCUT2D eigenvalue weighted by atomic mass is 16.5. The van der Waals surface area contributed by atoms with Crippen LogP contribution in [-0.4, -0.2) is 24.5 Å². The Morgan fingerprint density at radius 2 is 0.893 bits per heavy atom. The molecular formula is C48H49NO7. The van der Waals surface area contributed by atoms with Crippen LogP contribution in [0.3, 0.4) is 0 Å². The van der Waals surface area contributed by atoms with Crippen LogP contribution < -0.4 is 18.9 Å². The van der Waals surface area contributed by atoms with E-state index in [0.717, 1.165) is 29.7 Å². The Labute approximate surface area is 330 Å². The minimum atomic E-state index is -0.569. The second-order valence-corrected chi connectivity index (χ2v) is 13.7. The van der Waals surface area contributed by atoms with Gasteiger partial charge in [-0.3, -0.25) is 0 Å². The van der Waals surface area contributed by atoms with E-state index in [9.17, 15) is 14.4 Å². The van der Waals surface area contributed by atoms with Crippen LogP contribution in [0.25, 0.3) is 11.1 Å². The summed E-state index contributed by atoms with van der Waals surface area (Å²) in [5, 5.41) is 8.94. The predicted octanol–water partition coefficient (Wildman–Crippen LogP) is 12.0. The van der Waals surface area contributed by atoms with E-state index in [4.69, 9.17) is 24.2 Å². The van der Waals surface area contributed by atoms with Crippen molar-refractivity contribution in [2.24, 2.45) is 0 Å². The molecule has 0 fully saturated rings. The molecule has 0 aromatic heterocycles. The molecule has 0 saturated heterocycles. The van der Waals surface area contributed by atoms with Crippen LogP contribution >= 0.6 is 0 Å². The van der Waals surface area contributed by atoms with E-state index in [1.54, 1.807) is 103 Å². The van der Waals surface area contributed by atoms with E-state index in [1.807, 2.05) is 12.1 Å². The van der Waals surface area contributed by atoms with Gasteiger partial charge in [0.05, 0.1) is 34.9 Å². The second-order valence-electron chi connectivity index (χ2n) is 13.7. The van der Waals surface area contributed by atoms with E-state index in [-0.39, 0.29) is 5.56 Å². The molecule has 0 spiro atoms. The Morgan fingerprint density at radius 1 is 0.464 bits per heavy atom. The normalized spacial score (nSPS) is 10.6. The standard InChI is InChI=1S/C48H49NO7/c1-2-3-4-5-6-7-8-9-10-11-12-13-33-53-42-29-23-39(24-30-42)47(51)55-44-31-25-40(26-32-44)48(52)56-45-16-14-15-41(34-45)37-19-21-38(22-20-37)46(50)54-43-27-17-36(35-49)18-28-43/h14-32,34H,2-13,33H2,1H3. The fourth-order valence-electron chi connectivity index (χ4n) is 6.11. The first kappa shape index (κ1) is 41.0. The first-order valence-electron chi connectivity index (χ1n) is 19.6. The van der Waals surface area contributed by atoms with Gasteiger partial charge in [-0.15, -0.1) is 0 Å². The van der Waals surface area contributed by atoms with Crippen LogP contribution in [0.5, 0.6) is 23.0 Å². The number of rotatable bonds is 21. The zero-order valence-electron chi connectivity index (χ0n) is 32.0. The summed E-state index contributed by atoms with van der Waals surface area (Å²) >= 11 is 0. The fraction of sp³-hybridized carbons (Fsp3) is 0.292. The summed E-state index contributed by atoms with van der Waals surface area (Å²) in [6, 6.07) is 35.3. The van der Waals surface area contributed by atoms with Crippen molar-refractivity contribution in [1.82, 2.24) is 0 Å². The van der Waals surface area contributed by atoms with Gasteiger partial charge in [-0.2, -0.15) is 5.26 Å². The van der Waals surface area contributed by atoms with Crippen molar-refractivity contribution in [3.63, 3.8) is 0 Å². The number of benzene rings is 5. The molecule has 56 heavy (non-hydrogen) atoms. The van der Waals surface area contributed by atoms with Gasteiger partial charge in [0.1, 0.15) is 23.0 Å². The number of nitriles is 1. The highest BCUT2D eigenvalue weighted by molar-refractivity contribution is 5.93. The lowest BCUT2D eigenvalue weighted by Gasteiger charge is -2.09. The number of carbonyl (C=O) groups excluding carboxylic acids is 3. The van der Waals surface area contributed by atoms with Gasteiger partial charge in [0.15, 0.2) is 0 Å². The molecule has 0 heterocycles. The van der Waals surface area contributed by atoms with E-state index >= 15 is 0 Å². The van der Waals surface area contributed by atoms with Crippen LogP contribution in [0.4, 0.5) is 0 Å². The Hall–Kier alpha value is -6.20. The second kappa shape index (κ2) is 22.2. The Bertz CT molecular complexity index is 2030. The quantitative estimate of drug-likeness (QED) is 0.0414. The van der Waals surface area contributed by atoms with Gasteiger partial charge in [0, 0.05) is 0 Å². The Morgan fingerprint density at radius 3 is 1.39 bits per heavy atom. The molecule has 288 valence electrons. The molecule has 5 aromatic rings. The molecule has 0 aliphatic rings. The molecule has 0 atom stereocenters. The van der Waals surface area contributed by atoms with Crippen LogP contribution in [0, 0.1) is 11.3 Å². The summed E-state index contributed by atoms with van der Waals surface area (Å²) in [6.07, 6.45) is 15.6. The van der Waals surface area contributed by atoms with Crippen LogP contribution in [0.15, 0.2) is 121 Å². The van der Waals surface area contributed by atoms with E-state index in [0.29, 0.717) is 40.5 Å². The zero-order valence-corrected chi connectivity index (χ0v) is 32.0. The minimum absolute atomic E-state index is 0.287. The van der Waals surface area contributed by atoms with Crippen molar-refractivity contribution in [3.8, 4) is 40.2 Å². The average molecular weight is 752 g/mol. The highest BCUT2D eigenvalue weighted by Gasteiger charge is 2.14. The van der Waals surface area contributed by atoms with Crippen molar-refractivity contribution >= 4 is 17.9 Å². The summed E-state index contributed by atoms with van der Waals surface area (Å²) < 4.78 is 22.4. The number of hydrogen-bond acceptors (Lipinski definition) is 8. The number of carbonyl (C=O) groups is 3. The van der Waals surface area contributed by atoms with Crippen LogP contribution in [0.2, 0.25) is 0 Å². The molecule has 0 radical (unpaired) electrons.